The molecule has 5 heteroatoms. The van der Waals surface area contributed by atoms with E-state index in [0.29, 0.717) is 0 Å². The van der Waals surface area contributed by atoms with Crippen LogP contribution in [-0.4, -0.2) is 31.1 Å². The summed E-state index contributed by atoms with van der Waals surface area (Å²) in [6.07, 6.45) is 0. The number of benzene rings is 1. The summed E-state index contributed by atoms with van der Waals surface area (Å²) in [6.45, 7) is 3.93. The highest BCUT2D eigenvalue weighted by Gasteiger charge is 2.25. The Kier molecular flexibility index (Phi) is 4.51. The van der Waals surface area contributed by atoms with Crippen molar-refractivity contribution in [3.63, 3.8) is 0 Å². The van der Waals surface area contributed by atoms with Gasteiger partial charge in [0, 0.05) is 35.5 Å². The van der Waals surface area contributed by atoms with Crippen LogP contribution < -0.4 is 5.32 Å². The lowest BCUT2D eigenvalue weighted by atomic mass is 10.0. The summed E-state index contributed by atoms with van der Waals surface area (Å²) in [5.74, 6) is -0.189. The largest absolute Gasteiger partial charge is 0.314 e. The maximum Gasteiger partial charge on any atom is 0.124 e. The van der Waals surface area contributed by atoms with Crippen LogP contribution in [0.15, 0.2) is 40.2 Å². The van der Waals surface area contributed by atoms with Crippen LogP contribution in [0.4, 0.5) is 4.39 Å². The number of halogens is 2. The van der Waals surface area contributed by atoms with Crippen LogP contribution in [0.5, 0.6) is 0 Å². The molecule has 2 heterocycles. The smallest absolute Gasteiger partial charge is 0.124 e. The highest BCUT2D eigenvalue weighted by molar-refractivity contribution is 9.10. The van der Waals surface area contributed by atoms with Crippen LogP contribution in [0.2, 0.25) is 0 Å². The number of piperazine rings is 1. The Labute approximate surface area is 130 Å². The van der Waals surface area contributed by atoms with Crippen LogP contribution in [0.1, 0.15) is 16.5 Å². The zero-order chi connectivity index (χ0) is 13.9. The summed E-state index contributed by atoms with van der Waals surface area (Å²) < 4.78 is 14.5. The number of hydrogen-bond donors (Lipinski definition) is 1. The summed E-state index contributed by atoms with van der Waals surface area (Å²) >= 11 is 5.13. The minimum atomic E-state index is -0.189. The third-order valence-electron chi connectivity index (χ3n) is 3.53. The van der Waals surface area contributed by atoms with E-state index < -0.39 is 0 Å². The maximum atomic E-state index is 13.7. The highest BCUT2D eigenvalue weighted by Crippen LogP contribution is 2.33. The van der Waals surface area contributed by atoms with Gasteiger partial charge in [-0.15, -0.1) is 11.3 Å². The fraction of sp³-hybridized carbons (Fsp3) is 0.333. The van der Waals surface area contributed by atoms with Gasteiger partial charge in [-0.05, 0) is 35.2 Å². The number of nitrogens with zero attached hydrogens (tertiary/aromatic N) is 1. The molecule has 1 aliphatic rings. The van der Waals surface area contributed by atoms with Crippen molar-refractivity contribution in [3.05, 3.63) is 56.4 Å². The van der Waals surface area contributed by atoms with E-state index >= 15 is 0 Å². The van der Waals surface area contributed by atoms with Gasteiger partial charge in [0.2, 0.25) is 0 Å². The van der Waals surface area contributed by atoms with E-state index in [4.69, 9.17) is 0 Å². The van der Waals surface area contributed by atoms with E-state index in [1.807, 2.05) is 6.07 Å². The molecule has 0 spiro atoms. The molecule has 1 aromatic carbocycles. The molecule has 0 bridgehead atoms. The first-order valence-corrected chi connectivity index (χ1v) is 8.35. The maximum absolute atomic E-state index is 13.7. The molecule has 2 nitrogen and oxygen atoms in total. The Morgan fingerprint density at radius 1 is 1.25 bits per heavy atom. The lowest BCUT2D eigenvalue weighted by molar-refractivity contribution is 0.200. The Morgan fingerprint density at radius 2 is 2.05 bits per heavy atom. The Balaban J connectivity index is 2.00. The Hall–Kier alpha value is -0.750. The molecule has 1 aliphatic heterocycles. The van der Waals surface area contributed by atoms with E-state index in [1.165, 1.54) is 10.9 Å². The summed E-state index contributed by atoms with van der Waals surface area (Å²) in [5.41, 5.74) is 1.02. The van der Waals surface area contributed by atoms with Crippen LogP contribution in [0.25, 0.3) is 0 Å². The molecule has 106 valence electrons. The molecule has 1 N–H and O–H groups in total. The topological polar surface area (TPSA) is 15.3 Å². The molecule has 1 fully saturated rings. The second kappa shape index (κ2) is 6.35. The Bertz CT molecular complexity index is 547. The molecule has 0 amide bonds. The second-order valence-electron chi connectivity index (χ2n) is 4.91. The Morgan fingerprint density at radius 3 is 2.70 bits per heavy atom. The zero-order valence-corrected chi connectivity index (χ0v) is 13.4. The standard InChI is InChI=1S/C15H16BrFN2S/c16-12-8-11(9-13(17)10-12)15(14-2-1-7-20-14)19-5-3-18-4-6-19/h1-2,7-10,15,18H,3-6H2/t15-/m1/s1. The lowest BCUT2D eigenvalue weighted by Gasteiger charge is -2.34. The lowest BCUT2D eigenvalue weighted by Crippen LogP contribution is -2.45. The van der Waals surface area contributed by atoms with Crippen molar-refractivity contribution in [2.45, 2.75) is 6.04 Å². The van der Waals surface area contributed by atoms with Gasteiger partial charge >= 0.3 is 0 Å². The van der Waals surface area contributed by atoms with Crippen molar-refractivity contribution in [2.75, 3.05) is 26.2 Å². The third kappa shape index (κ3) is 3.11. The van der Waals surface area contributed by atoms with Crippen molar-refractivity contribution < 1.29 is 4.39 Å². The van der Waals surface area contributed by atoms with Gasteiger partial charge in [-0.3, -0.25) is 4.90 Å². The first-order valence-electron chi connectivity index (χ1n) is 6.68. The van der Waals surface area contributed by atoms with E-state index in [1.54, 1.807) is 17.4 Å². The van der Waals surface area contributed by atoms with E-state index in [0.717, 1.165) is 36.2 Å². The molecule has 0 aliphatic carbocycles. The van der Waals surface area contributed by atoms with Crippen molar-refractivity contribution in [1.29, 1.82) is 0 Å². The minimum Gasteiger partial charge on any atom is -0.314 e. The normalized spacial score (nSPS) is 18.1. The predicted molar refractivity (Wildman–Crippen MR) is 84.7 cm³/mol. The summed E-state index contributed by atoms with van der Waals surface area (Å²) in [5, 5.41) is 5.45. The van der Waals surface area contributed by atoms with Crippen molar-refractivity contribution >= 4 is 27.3 Å². The molecule has 20 heavy (non-hydrogen) atoms. The molecule has 2 aromatic rings. The SMILES string of the molecule is Fc1cc(Br)cc([C@H](c2cccs2)N2CCNCC2)c1. The van der Waals surface area contributed by atoms with Crippen LogP contribution in [-0.2, 0) is 0 Å². The fourth-order valence-corrected chi connectivity index (χ4v) is 4.04. The zero-order valence-electron chi connectivity index (χ0n) is 11.0. The molecule has 0 saturated carbocycles. The second-order valence-corrected chi connectivity index (χ2v) is 6.80. The molecule has 3 rings (SSSR count). The van der Waals surface area contributed by atoms with Gasteiger partial charge in [0.25, 0.3) is 0 Å². The minimum absolute atomic E-state index is 0.143. The molecule has 0 radical (unpaired) electrons. The van der Waals surface area contributed by atoms with Gasteiger partial charge in [0.05, 0.1) is 6.04 Å². The van der Waals surface area contributed by atoms with Gasteiger partial charge < -0.3 is 5.32 Å². The van der Waals surface area contributed by atoms with Gasteiger partial charge in [-0.25, -0.2) is 4.39 Å². The summed E-state index contributed by atoms with van der Waals surface area (Å²) in [4.78, 5) is 3.69. The van der Waals surface area contributed by atoms with Gasteiger partial charge in [0.1, 0.15) is 5.82 Å². The first-order chi connectivity index (χ1) is 9.74. The van der Waals surface area contributed by atoms with E-state index in [2.05, 4.69) is 43.7 Å². The van der Waals surface area contributed by atoms with Crippen molar-refractivity contribution in [3.8, 4) is 0 Å². The molecular formula is C15H16BrFN2S. The number of nitrogens with one attached hydrogen (secondary N) is 1. The average Bonchev–Trinajstić information content (AvgIpc) is 2.93. The summed E-state index contributed by atoms with van der Waals surface area (Å²) in [7, 11) is 0. The predicted octanol–water partition coefficient (Wildman–Crippen LogP) is 3.64. The monoisotopic (exact) mass is 354 g/mol. The number of rotatable bonds is 3. The van der Waals surface area contributed by atoms with Gasteiger partial charge in [0.15, 0.2) is 0 Å². The molecule has 1 aromatic heterocycles. The molecule has 1 atom stereocenters. The number of thiophene rings is 1. The van der Waals surface area contributed by atoms with Crippen LogP contribution in [0.3, 0.4) is 0 Å². The third-order valence-corrected chi connectivity index (χ3v) is 4.91. The van der Waals surface area contributed by atoms with E-state index in [-0.39, 0.29) is 11.9 Å². The first kappa shape index (κ1) is 14.2. The highest BCUT2D eigenvalue weighted by atomic mass is 79.9. The van der Waals surface area contributed by atoms with E-state index in [9.17, 15) is 4.39 Å². The van der Waals surface area contributed by atoms with Crippen LogP contribution >= 0.6 is 27.3 Å². The molecule has 1 saturated heterocycles. The van der Waals surface area contributed by atoms with Gasteiger partial charge in [-0.2, -0.15) is 0 Å². The molecule has 0 unspecified atom stereocenters. The van der Waals surface area contributed by atoms with Crippen LogP contribution in [0, 0.1) is 5.82 Å². The van der Waals surface area contributed by atoms with Gasteiger partial charge in [-0.1, -0.05) is 22.0 Å². The average molecular weight is 355 g/mol. The molecular weight excluding hydrogens is 339 g/mol. The summed E-state index contributed by atoms with van der Waals surface area (Å²) in [6, 6.07) is 9.52. The fourth-order valence-electron chi connectivity index (χ4n) is 2.68. The van der Waals surface area contributed by atoms with Crippen molar-refractivity contribution in [2.24, 2.45) is 0 Å². The van der Waals surface area contributed by atoms with Crippen molar-refractivity contribution in [1.82, 2.24) is 10.2 Å². The number of hydrogen-bond acceptors (Lipinski definition) is 3. The quantitative estimate of drug-likeness (QED) is 0.904.